The van der Waals surface area contributed by atoms with Crippen LogP contribution in [0.15, 0.2) is 60.7 Å². The molecule has 0 fully saturated rings. The van der Waals surface area contributed by atoms with Gasteiger partial charge >= 0.3 is 5.97 Å². The molecule has 0 radical (unpaired) electrons. The molecule has 5 heteroatoms. The number of ether oxygens (including phenoxy) is 2. The minimum atomic E-state index is -0.577. The number of hydrogen-bond acceptors (Lipinski definition) is 4. The topological polar surface area (TPSA) is 64.6 Å². The average Bonchev–Trinajstić information content (AvgIpc) is 2.76. The lowest BCUT2D eigenvalue weighted by Crippen LogP contribution is -2.34. The van der Waals surface area contributed by atoms with Gasteiger partial charge in [0.05, 0.1) is 13.2 Å². The third-order valence-electron chi connectivity index (χ3n) is 5.33. The van der Waals surface area contributed by atoms with Gasteiger partial charge in [-0.05, 0) is 53.3 Å². The minimum absolute atomic E-state index is 0.0404. The first-order valence-corrected chi connectivity index (χ1v) is 9.77. The number of fused-ring (bicyclic) bond motifs is 2. The van der Waals surface area contributed by atoms with Crippen LogP contribution < -0.4 is 10.1 Å². The molecule has 0 bridgehead atoms. The maximum Gasteiger partial charge on any atom is 0.342 e. The summed E-state index contributed by atoms with van der Waals surface area (Å²) in [6, 6.07) is 19.3. The molecule has 1 atom stereocenters. The van der Waals surface area contributed by atoms with Gasteiger partial charge in [0.25, 0.3) is 5.91 Å². The van der Waals surface area contributed by atoms with Crippen molar-refractivity contribution < 1.29 is 19.1 Å². The molecule has 1 N–H and O–H groups in total. The molecule has 0 aromatic heterocycles. The van der Waals surface area contributed by atoms with E-state index in [2.05, 4.69) is 11.4 Å². The van der Waals surface area contributed by atoms with E-state index in [4.69, 9.17) is 9.47 Å². The summed E-state index contributed by atoms with van der Waals surface area (Å²) < 4.78 is 10.6. The van der Waals surface area contributed by atoms with E-state index < -0.39 is 5.97 Å². The van der Waals surface area contributed by atoms with Crippen LogP contribution >= 0.6 is 0 Å². The van der Waals surface area contributed by atoms with Gasteiger partial charge < -0.3 is 14.8 Å². The van der Waals surface area contributed by atoms with Crippen molar-refractivity contribution in [3.63, 3.8) is 0 Å². The van der Waals surface area contributed by atoms with Crippen molar-refractivity contribution in [1.82, 2.24) is 5.32 Å². The number of carbonyl (C=O) groups is 2. The Hall–Kier alpha value is -3.34. The highest BCUT2D eigenvalue weighted by Crippen LogP contribution is 2.29. The Morgan fingerprint density at radius 2 is 1.76 bits per heavy atom. The molecule has 5 nitrogen and oxygen atoms in total. The zero-order valence-corrected chi connectivity index (χ0v) is 16.3. The second-order valence-corrected chi connectivity index (χ2v) is 7.19. The van der Waals surface area contributed by atoms with Crippen molar-refractivity contribution in [3.05, 3.63) is 77.4 Å². The van der Waals surface area contributed by atoms with E-state index in [1.54, 1.807) is 12.1 Å². The van der Waals surface area contributed by atoms with Crippen molar-refractivity contribution in [2.75, 3.05) is 13.7 Å². The van der Waals surface area contributed by atoms with E-state index >= 15 is 0 Å². The first kappa shape index (κ1) is 19.0. The Kier molecular flexibility index (Phi) is 5.47. The smallest absolute Gasteiger partial charge is 0.342 e. The van der Waals surface area contributed by atoms with E-state index in [-0.39, 0.29) is 18.6 Å². The minimum Gasteiger partial charge on any atom is -0.496 e. The lowest BCUT2D eigenvalue weighted by molar-refractivity contribution is -0.125. The summed E-state index contributed by atoms with van der Waals surface area (Å²) in [6.07, 6.45) is 2.94. The Labute approximate surface area is 169 Å². The van der Waals surface area contributed by atoms with Crippen LogP contribution in [0.3, 0.4) is 0 Å². The molecule has 0 unspecified atom stereocenters. The summed E-state index contributed by atoms with van der Waals surface area (Å²) >= 11 is 0. The quantitative estimate of drug-likeness (QED) is 0.665. The highest BCUT2D eigenvalue weighted by Gasteiger charge is 2.22. The Balaban J connectivity index is 1.42. The normalized spacial score (nSPS) is 15.4. The predicted octanol–water partition coefficient (Wildman–Crippen LogP) is 4.20. The first-order valence-electron chi connectivity index (χ1n) is 9.77. The highest BCUT2D eigenvalue weighted by molar-refractivity contribution is 5.99. The lowest BCUT2D eigenvalue weighted by Gasteiger charge is -2.26. The summed E-state index contributed by atoms with van der Waals surface area (Å²) in [7, 11) is 1.51. The van der Waals surface area contributed by atoms with Crippen LogP contribution in [0, 0.1) is 0 Å². The largest absolute Gasteiger partial charge is 0.496 e. The van der Waals surface area contributed by atoms with Gasteiger partial charge in [0, 0.05) is 0 Å². The van der Waals surface area contributed by atoms with Crippen molar-refractivity contribution >= 4 is 22.6 Å². The third-order valence-corrected chi connectivity index (χ3v) is 5.33. The number of esters is 1. The fraction of sp³-hybridized carbons (Fsp3) is 0.250. The maximum absolute atomic E-state index is 12.6. The first-order chi connectivity index (χ1) is 14.2. The van der Waals surface area contributed by atoms with Crippen molar-refractivity contribution in [2.45, 2.75) is 25.3 Å². The number of benzene rings is 3. The molecule has 3 aromatic rings. The SMILES string of the molecule is COc1cc2ccccc2cc1C(=O)OCC(=O)N[C@@H]1CCCc2ccccc21. The number of aryl methyl sites for hydroxylation is 1. The standard InChI is InChI=1S/C24H23NO4/c1-28-22-14-18-9-3-2-8-17(18)13-20(22)24(27)29-15-23(26)25-21-12-6-10-16-7-4-5-11-19(16)21/h2-5,7-9,11,13-14,21H,6,10,12,15H2,1H3,(H,25,26)/t21-/m1/s1. The number of amides is 1. The third kappa shape index (κ3) is 4.09. The zero-order valence-electron chi connectivity index (χ0n) is 16.3. The molecule has 1 amide bonds. The van der Waals surface area contributed by atoms with Gasteiger partial charge in [0.15, 0.2) is 6.61 Å². The summed E-state index contributed by atoms with van der Waals surface area (Å²) in [5.41, 5.74) is 2.72. The summed E-state index contributed by atoms with van der Waals surface area (Å²) in [5.74, 6) is -0.457. The Morgan fingerprint density at radius 1 is 1.03 bits per heavy atom. The van der Waals surface area contributed by atoms with Gasteiger partial charge in [0.2, 0.25) is 0 Å². The molecular weight excluding hydrogens is 366 g/mol. The molecule has 0 spiro atoms. The second kappa shape index (κ2) is 8.35. The summed E-state index contributed by atoms with van der Waals surface area (Å²) in [4.78, 5) is 25.0. The van der Waals surface area contributed by atoms with Gasteiger partial charge in [0.1, 0.15) is 11.3 Å². The van der Waals surface area contributed by atoms with Crippen LogP contribution in [-0.4, -0.2) is 25.6 Å². The number of nitrogens with one attached hydrogen (secondary N) is 1. The number of hydrogen-bond donors (Lipinski definition) is 1. The molecule has 0 saturated carbocycles. The van der Waals surface area contributed by atoms with Gasteiger partial charge in [-0.25, -0.2) is 4.79 Å². The molecule has 4 rings (SSSR count). The molecule has 1 aliphatic carbocycles. The van der Waals surface area contributed by atoms with E-state index in [0.29, 0.717) is 11.3 Å². The van der Waals surface area contributed by atoms with Gasteiger partial charge in [-0.15, -0.1) is 0 Å². The zero-order chi connectivity index (χ0) is 20.2. The number of rotatable bonds is 5. The molecule has 0 saturated heterocycles. The molecule has 0 aliphatic heterocycles. The Morgan fingerprint density at radius 3 is 2.55 bits per heavy atom. The predicted molar refractivity (Wildman–Crippen MR) is 111 cm³/mol. The van der Waals surface area contributed by atoms with Gasteiger partial charge in [-0.3, -0.25) is 4.79 Å². The molecule has 0 heterocycles. The molecular formula is C24H23NO4. The van der Waals surface area contributed by atoms with Crippen LogP contribution in [-0.2, 0) is 16.0 Å². The molecule has 1 aliphatic rings. The molecule has 148 valence electrons. The average molecular weight is 389 g/mol. The van der Waals surface area contributed by atoms with E-state index in [9.17, 15) is 9.59 Å². The van der Waals surface area contributed by atoms with Gasteiger partial charge in [-0.1, -0.05) is 48.5 Å². The van der Waals surface area contributed by atoms with Crippen LogP contribution in [0.5, 0.6) is 5.75 Å². The summed E-state index contributed by atoms with van der Waals surface area (Å²) in [6.45, 7) is -0.326. The lowest BCUT2D eigenvalue weighted by atomic mass is 9.88. The van der Waals surface area contributed by atoms with Crippen LogP contribution in [0.4, 0.5) is 0 Å². The van der Waals surface area contributed by atoms with E-state index in [0.717, 1.165) is 35.6 Å². The monoisotopic (exact) mass is 389 g/mol. The number of carbonyl (C=O) groups excluding carboxylic acids is 2. The van der Waals surface area contributed by atoms with Crippen LogP contribution in [0.25, 0.3) is 10.8 Å². The molecule has 29 heavy (non-hydrogen) atoms. The fourth-order valence-electron chi connectivity index (χ4n) is 3.90. The second-order valence-electron chi connectivity index (χ2n) is 7.19. The van der Waals surface area contributed by atoms with Crippen molar-refractivity contribution in [1.29, 1.82) is 0 Å². The van der Waals surface area contributed by atoms with Gasteiger partial charge in [-0.2, -0.15) is 0 Å². The number of methoxy groups -OCH3 is 1. The highest BCUT2D eigenvalue weighted by atomic mass is 16.5. The van der Waals surface area contributed by atoms with E-state index in [1.807, 2.05) is 42.5 Å². The van der Waals surface area contributed by atoms with E-state index in [1.165, 1.54) is 12.7 Å². The fourth-order valence-corrected chi connectivity index (χ4v) is 3.90. The van der Waals surface area contributed by atoms with Crippen molar-refractivity contribution in [3.8, 4) is 5.75 Å². The summed E-state index contributed by atoms with van der Waals surface area (Å²) in [5, 5.41) is 4.87. The maximum atomic E-state index is 12.6. The Bertz CT molecular complexity index is 1060. The molecule has 3 aromatic carbocycles. The van der Waals surface area contributed by atoms with Crippen LogP contribution in [0.1, 0.15) is 40.4 Å². The van der Waals surface area contributed by atoms with Crippen LogP contribution in [0.2, 0.25) is 0 Å². The van der Waals surface area contributed by atoms with Crippen molar-refractivity contribution in [2.24, 2.45) is 0 Å².